The Balaban J connectivity index is 2.45. The second kappa shape index (κ2) is 6.22. The molecule has 0 spiro atoms. The molecule has 5 nitrogen and oxygen atoms in total. The highest BCUT2D eigenvalue weighted by atomic mass is 16.6. The highest BCUT2D eigenvalue weighted by Gasteiger charge is 2.52. The first-order valence-corrected chi connectivity index (χ1v) is 7.70. The van der Waals surface area contributed by atoms with Crippen molar-refractivity contribution < 1.29 is 23.8 Å². The lowest BCUT2D eigenvalue weighted by Crippen LogP contribution is -2.48. The molecule has 2 rings (SSSR count). The SMILES string of the molecule is COC(=O)C1(C(=O)OC(C)(C)C)CCc2cccc(OC)c2C1. The average Bonchev–Trinajstić information content (AvgIpc) is 2.51. The second-order valence-corrected chi connectivity index (χ2v) is 6.85. The van der Waals surface area contributed by atoms with Crippen LogP contribution in [0.5, 0.6) is 5.75 Å². The molecule has 126 valence electrons. The quantitative estimate of drug-likeness (QED) is 0.633. The van der Waals surface area contributed by atoms with Crippen LogP contribution >= 0.6 is 0 Å². The smallest absolute Gasteiger partial charge is 0.324 e. The third kappa shape index (κ3) is 3.33. The summed E-state index contributed by atoms with van der Waals surface area (Å²) in [4.78, 5) is 25.2. The summed E-state index contributed by atoms with van der Waals surface area (Å²) in [7, 11) is 2.88. The minimum atomic E-state index is -1.32. The van der Waals surface area contributed by atoms with E-state index < -0.39 is 23.0 Å². The molecule has 0 fully saturated rings. The van der Waals surface area contributed by atoms with Crippen LogP contribution < -0.4 is 4.74 Å². The third-order valence-corrected chi connectivity index (χ3v) is 4.12. The van der Waals surface area contributed by atoms with E-state index in [4.69, 9.17) is 14.2 Å². The van der Waals surface area contributed by atoms with Gasteiger partial charge in [-0.05, 0) is 50.8 Å². The van der Waals surface area contributed by atoms with Gasteiger partial charge >= 0.3 is 11.9 Å². The Labute approximate surface area is 136 Å². The van der Waals surface area contributed by atoms with E-state index in [1.165, 1.54) is 7.11 Å². The van der Waals surface area contributed by atoms with E-state index in [-0.39, 0.29) is 6.42 Å². The van der Waals surface area contributed by atoms with Crippen LogP contribution in [0.25, 0.3) is 0 Å². The normalized spacial score (nSPS) is 20.4. The van der Waals surface area contributed by atoms with E-state index in [1.807, 2.05) is 18.2 Å². The molecule has 0 N–H and O–H groups in total. The molecular formula is C18H24O5. The summed E-state index contributed by atoms with van der Waals surface area (Å²) in [5.41, 5.74) is -0.0204. The first kappa shape index (κ1) is 17.3. The molecule has 1 aromatic carbocycles. The van der Waals surface area contributed by atoms with E-state index in [0.29, 0.717) is 18.6 Å². The molecule has 0 amide bonds. The van der Waals surface area contributed by atoms with Crippen LogP contribution in [0.2, 0.25) is 0 Å². The molecule has 1 atom stereocenters. The van der Waals surface area contributed by atoms with Gasteiger partial charge in [-0.15, -0.1) is 0 Å². The van der Waals surface area contributed by atoms with Crippen LogP contribution in [0.1, 0.15) is 38.3 Å². The van der Waals surface area contributed by atoms with Gasteiger partial charge < -0.3 is 14.2 Å². The Hall–Kier alpha value is -2.04. The number of ether oxygens (including phenoxy) is 3. The molecule has 0 heterocycles. The number of aryl methyl sites for hydroxylation is 1. The Morgan fingerprint density at radius 3 is 2.39 bits per heavy atom. The molecule has 0 aliphatic heterocycles. The van der Waals surface area contributed by atoms with Crippen LogP contribution in [0.15, 0.2) is 18.2 Å². The summed E-state index contributed by atoms with van der Waals surface area (Å²) in [6.45, 7) is 5.35. The van der Waals surface area contributed by atoms with Crippen molar-refractivity contribution in [3.05, 3.63) is 29.3 Å². The lowest BCUT2D eigenvalue weighted by Gasteiger charge is -2.36. The molecule has 5 heteroatoms. The summed E-state index contributed by atoms with van der Waals surface area (Å²) in [5.74, 6) is -0.407. The molecule has 1 aromatic rings. The minimum Gasteiger partial charge on any atom is -0.496 e. The van der Waals surface area contributed by atoms with Crippen molar-refractivity contribution >= 4 is 11.9 Å². The summed E-state index contributed by atoms with van der Waals surface area (Å²) >= 11 is 0. The van der Waals surface area contributed by atoms with Crippen molar-refractivity contribution in [3.63, 3.8) is 0 Å². The number of hydrogen-bond acceptors (Lipinski definition) is 5. The monoisotopic (exact) mass is 320 g/mol. The topological polar surface area (TPSA) is 61.8 Å². The second-order valence-electron chi connectivity index (χ2n) is 6.85. The van der Waals surface area contributed by atoms with Crippen molar-refractivity contribution in [2.75, 3.05) is 14.2 Å². The van der Waals surface area contributed by atoms with Gasteiger partial charge in [0.2, 0.25) is 0 Å². The van der Waals surface area contributed by atoms with Crippen LogP contribution in [0.3, 0.4) is 0 Å². The highest BCUT2D eigenvalue weighted by Crippen LogP contribution is 2.42. The largest absolute Gasteiger partial charge is 0.496 e. The van der Waals surface area contributed by atoms with E-state index in [2.05, 4.69) is 0 Å². The molecule has 1 aliphatic rings. The Bertz CT molecular complexity index is 600. The number of carbonyl (C=O) groups is 2. The average molecular weight is 320 g/mol. The number of benzene rings is 1. The molecule has 0 saturated heterocycles. The predicted octanol–water partition coefficient (Wildman–Crippen LogP) is 2.69. The summed E-state index contributed by atoms with van der Waals surface area (Å²) in [6, 6.07) is 5.74. The van der Waals surface area contributed by atoms with E-state index in [0.717, 1.165) is 11.1 Å². The maximum Gasteiger partial charge on any atom is 0.324 e. The van der Waals surface area contributed by atoms with Gasteiger partial charge in [-0.2, -0.15) is 0 Å². The number of fused-ring (bicyclic) bond motifs is 1. The molecule has 0 radical (unpaired) electrons. The van der Waals surface area contributed by atoms with Crippen molar-refractivity contribution in [3.8, 4) is 5.75 Å². The van der Waals surface area contributed by atoms with Gasteiger partial charge in [0.15, 0.2) is 5.41 Å². The molecule has 0 bridgehead atoms. The van der Waals surface area contributed by atoms with Gasteiger partial charge in [0.05, 0.1) is 14.2 Å². The highest BCUT2D eigenvalue weighted by molar-refractivity contribution is 6.01. The van der Waals surface area contributed by atoms with E-state index in [9.17, 15) is 9.59 Å². The van der Waals surface area contributed by atoms with Crippen LogP contribution in [0.4, 0.5) is 0 Å². The van der Waals surface area contributed by atoms with Gasteiger partial charge in [0.1, 0.15) is 11.4 Å². The molecular weight excluding hydrogens is 296 g/mol. The van der Waals surface area contributed by atoms with Crippen molar-refractivity contribution in [1.29, 1.82) is 0 Å². The zero-order valence-corrected chi connectivity index (χ0v) is 14.4. The van der Waals surface area contributed by atoms with Gasteiger partial charge in [0, 0.05) is 6.42 Å². The maximum atomic E-state index is 12.8. The molecule has 23 heavy (non-hydrogen) atoms. The minimum absolute atomic E-state index is 0.230. The lowest BCUT2D eigenvalue weighted by molar-refractivity contribution is -0.179. The summed E-state index contributed by atoms with van der Waals surface area (Å²) < 4.78 is 15.8. The van der Waals surface area contributed by atoms with Crippen LogP contribution in [-0.2, 0) is 31.9 Å². The lowest BCUT2D eigenvalue weighted by atomic mass is 9.71. The predicted molar refractivity (Wildman–Crippen MR) is 85.3 cm³/mol. The number of rotatable bonds is 3. The fraction of sp³-hybridized carbons (Fsp3) is 0.556. The number of hydrogen-bond donors (Lipinski definition) is 0. The summed E-state index contributed by atoms with van der Waals surface area (Å²) in [5, 5.41) is 0. The Morgan fingerprint density at radius 1 is 1.13 bits per heavy atom. The molecule has 1 aliphatic carbocycles. The first-order chi connectivity index (χ1) is 10.7. The Morgan fingerprint density at radius 2 is 1.83 bits per heavy atom. The van der Waals surface area contributed by atoms with Gasteiger partial charge in [-0.3, -0.25) is 9.59 Å². The Kier molecular flexibility index (Phi) is 4.68. The van der Waals surface area contributed by atoms with Crippen molar-refractivity contribution in [2.24, 2.45) is 5.41 Å². The van der Waals surface area contributed by atoms with Gasteiger partial charge in [-0.25, -0.2) is 0 Å². The number of methoxy groups -OCH3 is 2. The van der Waals surface area contributed by atoms with Gasteiger partial charge in [-0.1, -0.05) is 12.1 Å². The molecule has 0 saturated carbocycles. The van der Waals surface area contributed by atoms with Crippen LogP contribution in [0, 0.1) is 5.41 Å². The molecule has 1 unspecified atom stereocenters. The number of esters is 2. The third-order valence-electron chi connectivity index (χ3n) is 4.12. The summed E-state index contributed by atoms with van der Waals surface area (Å²) in [6.07, 6.45) is 1.20. The van der Waals surface area contributed by atoms with Gasteiger partial charge in [0.25, 0.3) is 0 Å². The van der Waals surface area contributed by atoms with E-state index in [1.54, 1.807) is 27.9 Å². The standard InChI is InChI=1S/C18H24O5/c1-17(2,3)23-16(20)18(15(19)22-5)10-9-12-7-6-8-14(21-4)13(12)11-18/h6-8H,9-11H2,1-5H3. The van der Waals surface area contributed by atoms with E-state index >= 15 is 0 Å². The maximum absolute atomic E-state index is 12.8. The zero-order chi connectivity index (χ0) is 17.3. The fourth-order valence-corrected chi connectivity index (χ4v) is 2.98. The van der Waals surface area contributed by atoms with Crippen molar-refractivity contribution in [2.45, 2.75) is 45.6 Å². The van der Waals surface area contributed by atoms with Crippen molar-refractivity contribution in [1.82, 2.24) is 0 Å². The number of carbonyl (C=O) groups excluding carboxylic acids is 2. The van der Waals surface area contributed by atoms with Crippen LogP contribution in [-0.4, -0.2) is 31.8 Å². The molecule has 0 aromatic heterocycles. The zero-order valence-electron chi connectivity index (χ0n) is 14.4. The first-order valence-electron chi connectivity index (χ1n) is 7.70. The fourth-order valence-electron chi connectivity index (χ4n) is 2.98.